The van der Waals surface area contributed by atoms with E-state index in [1.54, 1.807) is 0 Å². The van der Waals surface area contributed by atoms with Gasteiger partial charge in [-0.25, -0.2) is 4.39 Å². The van der Waals surface area contributed by atoms with E-state index in [0.29, 0.717) is 0 Å². The molecule has 0 aromatic heterocycles. The first-order valence-electron chi connectivity index (χ1n) is 1.20. The summed E-state index contributed by atoms with van der Waals surface area (Å²) in [5, 5.41) is 0. The van der Waals surface area contributed by atoms with Crippen molar-refractivity contribution in [2.24, 2.45) is 0 Å². The summed E-state index contributed by atoms with van der Waals surface area (Å²) >= 11 is 13.6. The molecule has 37 valence electrons. The summed E-state index contributed by atoms with van der Waals surface area (Å²) in [6.07, 6.45) is 0. The van der Waals surface area contributed by atoms with E-state index in [2.05, 4.69) is 12.6 Å². The minimum Gasteiger partial charge on any atom is -0.212 e. The van der Waals surface area contributed by atoms with Crippen LogP contribution in [0.1, 0.15) is 0 Å². The van der Waals surface area contributed by atoms with Gasteiger partial charge in [-0.05, 0) is 12.6 Å². The SMILES string of the molecule is FC([S])(Cl)CCl. The average Bonchev–Trinajstić information content (AvgIpc) is 1.35. The fourth-order valence-corrected chi connectivity index (χ4v) is 0. The first-order valence-corrected chi connectivity index (χ1v) is 2.52. The molecule has 0 saturated heterocycles. The van der Waals surface area contributed by atoms with Crippen LogP contribution in [0.5, 0.6) is 0 Å². The van der Waals surface area contributed by atoms with Gasteiger partial charge in [0.25, 0.3) is 4.46 Å². The Kier molecular flexibility index (Phi) is 2.56. The van der Waals surface area contributed by atoms with Crippen molar-refractivity contribution in [3.05, 3.63) is 0 Å². The summed E-state index contributed by atoms with van der Waals surface area (Å²) in [5.74, 6) is -0.343. The van der Waals surface area contributed by atoms with E-state index < -0.39 is 4.46 Å². The number of hydrogen-bond donors (Lipinski definition) is 0. The molecule has 0 heterocycles. The summed E-state index contributed by atoms with van der Waals surface area (Å²) in [7, 11) is 0. The minimum absolute atomic E-state index is 0.343. The Bertz CT molecular complexity index is 41.3. The lowest BCUT2D eigenvalue weighted by molar-refractivity contribution is 0.441. The van der Waals surface area contributed by atoms with E-state index in [1.807, 2.05) is 0 Å². The van der Waals surface area contributed by atoms with Gasteiger partial charge >= 0.3 is 0 Å². The Hall–Kier alpha value is 0.860. The van der Waals surface area contributed by atoms with E-state index in [1.165, 1.54) is 0 Å². The quantitative estimate of drug-likeness (QED) is 0.500. The predicted octanol–water partition coefficient (Wildman–Crippen LogP) is 2.28. The maximum Gasteiger partial charge on any atom is 0.252 e. The lowest BCUT2D eigenvalue weighted by Gasteiger charge is -1.99. The third-order valence-corrected chi connectivity index (χ3v) is 1.10. The fraction of sp³-hybridized carbons (Fsp3) is 1.00. The molecule has 6 heavy (non-hydrogen) atoms. The Balaban J connectivity index is 3.17. The van der Waals surface area contributed by atoms with E-state index in [-0.39, 0.29) is 5.88 Å². The van der Waals surface area contributed by atoms with Crippen LogP contribution in [0, 0.1) is 0 Å². The van der Waals surface area contributed by atoms with Gasteiger partial charge in [-0.1, -0.05) is 11.6 Å². The van der Waals surface area contributed by atoms with Gasteiger partial charge in [0.15, 0.2) is 0 Å². The Morgan fingerprint density at radius 2 is 2.00 bits per heavy atom. The molecule has 1 radical (unpaired) electrons. The molecule has 0 aliphatic heterocycles. The summed E-state index contributed by atoms with van der Waals surface area (Å²) in [6, 6.07) is 0. The minimum atomic E-state index is -2.14. The lowest BCUT2D eigenvalue weighted by Crippen LogP contribution is -2.03. The zero-order chi connectivity index (χ0) is 5.21. The third kappa shape index (κ3) is 4.86. The molecule has 0 aromatic carbocycles. The highest BCUT2D eigenvalue weighted by Gasteiger charge is 2.18. The summed E-state index contributed by atoms with van der Waals surface area (Å²) in [5.41, 5.74) is 0. The van der Waals surface area contributed by atoms with Crippen LogP contribution in [0.25, 0.3) is 0 Å². The van der Waals surface area contributed by atoms with Crippen molar-refractivity contribution < 1.29 is 4.39 Å². The zero-order valence-corrected chi connectivity index (χ0v) is 5.08. The third-order valence-electron chi connectivity index (χ3n) is 0.156. The standard InChI is InChI=1S/C2H2Cl2FS/c3-1-2(4,5)6/h1H2. The van der Waals surface area contributed by atoms with Crippen LogP contribution in [0.4, 0.5) is 4.39 Å². The smallest absolute Gasteiger partial charge is 0.212 e. The van der Waals surface area contributed by atoms with Crippen LogP contribution in [-0.4, -0.2) is 10.3 Å². The number of alkyl halides is 3. The molecule has 0 spiro atoms. The van der Waals surface area contributed by atoms with Gasteiger partial charge in [0, 0.05) is 0 Å². The molecular weight excluding hydrogens is 146 g/mol. The molecule has 0 saturated carbocycles. The van der Waals surface area contributed by atoms with Gasteiger partial charge in [-0.15, -0.1) is 11.6 Å². The summed E-state index contributed by atoms with van der Waals surface area (Å²) in [4.78, 5) is 0. The first-order chi connectivity index (χ1) is 2.56. The Morgan fingerprint density at radius 1 is 1.83 bits per heavy atom. The molecule has 0 rings (SSSR count). The van der Waals surface area contributed by atoms with Crippen molar-refractivity contribution in [3.63, 3.8) is 0 Å². The molecule has 0 fully saturated rings. The van der Waals surface area contributed by atoms with E-state index >= 15 is 0 Å². The fourth-order valence-electron chi connectivity index (χ4n) is 0. The van der Waals surface area contributed by atoms with Crippen molar-refractivity contribution in [2.45, 2.75) is 4.46 Å². The van der Waals surface area contributed by atoms with Crippen LogP contribution < -0.4 is 0 Å². The maximum atomic E-state index is 11.6. The van der Waals surface area contributed by atoms with Crippen molar-refractivity contribution >= 4 is 35.8 Å². The van der Waals surface area contributed by atoms with Crippen LogP contribution in [0.3, 0.4) is 0 Å². The molecule has 0 aliphatic carbocycles. The molecule has 1 unspecified atom stereocenters. The molecule has 0 N–H and O–H groups in total. The van der Waals surface area contributed by atoms with Crippen LogP contribution in [-0.2, 0) is 0 Å². The molecule has 1 atom stereocenters. The van der Waals surface area contributed by atoms with Gasteiger partial charge < -0.3 is 0 Å². The van der Waals surface area contributed by atoms with E-state index in [4.69, 9.17) is 23.2 Å². The highest BCUT2D eigenvalue weighted by molar-refractivity contribution is 7.83. The van der Waals surface area contributed by atoms with Gasteiger partial charge in [0.05, 0.1) is 5.88 Å². The first kappa shape index (κ1) is 6.86. The van der Waals surface area contributed by atoms with Crippen molar-refractivity contribution in [2.75, 3.05) is 5.88 Å². The van der Waals surface area contributed by atoms with Crippen LogP contribution >= 0.6 is 35.8 Å². The lowest BCUT2D eigenvalue weighted by atomic mass is 10.9. The molecule has 4 heteroatoms. The second kappa shape index (κ2) is 2.24. The topological polar surface area (TPSA) is 0 Å². The molecule has 0 nitrogen and oxygen atoms in total. The number of halogens is 3. The normalized spacial score (nSPS) is 20.0. The Morgan fingerprint density at radius 3 is 2.00 bits per heavy atom. The number of hydrogen-bond acceptors (Lipinski definition) is 0. The molecule has 0 aromatic rings. The monoisotopic (exact) mass is 147 g/mol. The number of rotatable bonds is 1. The second-order valence-corrected chi connectivity index (χ2v) is 2.51. The van der Waals surface area contributed by atoms with Gasteiger partial charge in [-0.2, -0.15) is 0 Å². The molecule has 0 bridgehead atoms. The average molecular weight is 148 g/mol. The summed E-state index contributed by atoms with van der Waals surface area (Å²) in [6.45, 7) is 0. The van der Waals surface area contributed by atoms with Crippen LogP contribution in [0.2, 0.25) is 0 Å². The highest BCUT2D eigenvalue weighted by Crippen LogP contribution is 2.22. The van der Waals surface area contributed by atoms with Crippen LogP contribution in [0.15, 0.2) is 0 Å². The van der Waals surface area contributed by atoms with Gasteiger partial charge in [0.1, 0.15) is 0 Å². The highest BCUT2D eigenvalue weighted by atomic mass is 35.5. The second-order valence-electron chi connectivity index (χ2n) is 0.771. The van der Waals surface area contributed by atoms with Crippen molar-refractivity contribution in [1.82, 2.24) is 0 Å². The molecule has 0 amide bonds. The zero-order valence-electron chi connectivity index (χ0n) is 2.75. The summed E-state index contributed by atoms with van der Waals surface area (Å²) < 4.78 is 9.43. The van der Waals surface area contributed by atoms with E-state index in [0.717, 1.165) is 0 Å². The Labute approximate surface area is 51.0 Å². The van der Waals surface area contributed by atoms with Gasteiger partial charge in [0.2, 0.25) is 0 Å². The van der Waals surface area contributed by atoms with Crippen molar-refractivity contribution in [1.29, 1.82) is 0 Å². The molecule has 0 aliphatic rings. The van der Waals surface area contributed by atoms with Crippen molar-refractivity contribution in [3.8, 4) is 0 Å². The van der Waals surface area contributed by atoms with Gasteiger partial charge in [-0.3, -0.25) is 0 Å². The molecular formula is C2H2Cl2FS. The predicted molar refractivity (Wildman–Crippen MR) is 28.0 cm³/mol. The van der Waals surface area contributed by atoms with E-state index in [9.17, 15) is 4.39 Å². The maximum absolute atomic E-state index is 11.6. The largest absolute Gasteiger partial charge is 0.252 e.